The van der Waals surface area contributed by atoms with E-state index in [1.807, 2.05) is 30.3 Å². The van der Waals surface area contributed by atoms with Gasteiger partial charge in [-0.3, -0.25) is 4.90 Å². The molecule has 21 heavy (non-hydrogen) atoms. The minimum atomic E-state index is 0.0565. The van der Waals surface area contributed by atoms with Crippen molar-refractivity contribution in [3.63, 3.8) is 0 Å². The largest absolute Gasteiger partial charge is 0.392 e. The van der Waals surface area contributed by atoms with Gasteiger partial charge in [-0.25, -0.2) is 4.98 Å². The van der Waals surface area contributed by atoms with Crippen LogP contribution < -0.4 is 4.90 Å². The van der Waals surface area contributed by atoms with Crippen LogP contribution in [0.15, 0.2) is 30.3 Å². The van der Waals surface area contributed by atoms with Gasteiger partial charge >= 0.3 is 0 Å². The Morgan fingerprint density at radius 2 is 2.10 bits per heavy atom. The summed E-state index contributed by atoms with van der Waals surface area (Å²) in [6.45, 7) is 5.34. The fourth-order valence-electron chi connectivity index (χ4n) is 3.12. The molecular formula is C17H23N3O. The molecule has 1 atom stereocenters. The molecule has 1 N–H and O–H groups in total. The first-order chi connectivity index (χ1) is 10.2. The number of aromatic nitrogens is 1. The molecule has 0 radical (unpaired) electrons. The zero-order chi connectivity index (χ0) is 14.8. The van der Waals surface area contributed by atoms with Crippen molar-refractivity contribution in [2.75, 3.05) is 31.6 Å². The van der Waals surface area contributed by atoms with E-state index in [4.69, 9.17) is 4.98 Å². The highest BCUT2D eigenvalue weighted by molar-refractivity contribution is 5.84. The molecule has 0 bridgehead atoms. The summed E-state index contributed by atoms with van der Waals surface area (Å²) >= 11 is 0. The Labute approximate surface area is 126 Å². The van der Waals surface area contributed by atoms with Crippen LogP contribution in [0.5, 0.6) is 0 Å². The number of benzene rings is 1. The third kappa shape index (κ3) is 2.74. The second-order valence-corrected chi connectivity index (χ2v) is 5.80. The number of nitrogens with zero attached hydrogens (tertiary/aromatic N) is 3. The molecule has 1 saturated heterocycles. The molecule has 1 aromatic heterocycles. The van der Waals surface area contributed by atoms with E-state index in [0.29, 0.717) is 6.04 Å². The number of anilines is 1. The Balaban J connectivity index is 1.97. The van der Waals surface area contributed by atoms with Crippen molar-refractivity contribution in [2.24, 2.45) is 0 Å². The third-order valence-electron chi connectivity index (χ3n) is 4.53. The molecule has 2 heterocycles. The molecule has 4 heteroatoms. The van der Waals surface area contributed by atoms with Crippen LogP contribution in [-0.4, -0.2) is 47.7 Å². The predicted octanol–water partition coefficient (Wildman–Crippen LogP) is 2.26. The lowest BCUT2D eigenvalue weighted by Gasteiger charge is -2.39. The molecule has 4 nitrogen and oxygen atoms in total. The van der Waals surface area contributed by atoms with Crippen molar-refractivity contribution in [2.45, 2.75) is 26.0 Å². The molecular weight excluding hydrogens is 262 g/mol. The highest BCUT2D eigenvalue weighted by Gasteiger charge is 2.24. The first-order valence-corrected chi connectivity index (χ1v) is 7.67. The molecule has 0 amide bonds. The Hall–Kier alpha value is -1.65. The summed E-state index contributed by atoms with van der Waals surface area (Å²) in [6.07, 6.45) is 1.15. The fourth-order valence-corrected chi connectivity index (χ4v) is 3.12. The van der Waals surface area contributed by atoms with Crippen LogP contribution in [0, 0.1) is 0 Å². The first-order valence-electron chi connectivity index (χ1n) is 7.67. The van der Waals surface area contributed by atoms with E-state index in [1.165, 1.54) is 0 Å². The lowest BCUT2D eigenvalue weighted by molar-refractivity contribution is 0.213. The SMILES string of the molecule is CCC1CN(c2cc(CO)c3ccccc3n2)CCN1C. The zero-order valence-electron chi connectivity index (χ0n) is 12.8. The molecule has 1 aliphatic heterocycles. The topological polar surface area (TPSA) is 39.6 Å². The summed E-state index contributed by atoms with van der Waals surface area (Å²) in [4.78, 5) is 9.57. The van der Waals surface area contributed by atoms with Crippen molar-refractivity contribution in [3.05, 3.63) is 35.9 Å². The molecule has 0 spiro atoms. The van der Waals surface area contributed by atoms with Gasteiger partial charge in [0, 0.05) is 31.1 Å². The summed E-state index contributed by atoms with van der Waals surface area (Å²) in [5, 5.41) is 10.7. The maximum Gasteiger partial charge on any atom is 0.129 e. The molecule has 3 rings (SSSR count). The minimum absolute atomic E-state index is 0.0565. The molecule has 1 fully saturated rings. The van der Waals surface area contributed by atoms with Gasteiger partial charge < -0.3 is 10.0 Å². The zero-order valence-corrected chi connectivity index (χ0v) is 12.8. The van der Waals surface area contributed by atoms with Crippen molar-refractivity contribution >= 4 is 16.7 Å². The van der Waals surface area contributed by atoms with Gasteiger partial charge in [-0.2, -0.15) is 0 Å². The molecule has 2 aromatic rings. The number of rotatable bonds is 3. The van der Waals surface area contributed by atoms with E-state index >= 15 is 0 Å². The van der Waals surface area contributed by atoms with Crippen LogP contribution in [-0.2, 0) is 6.61 Å². The number of piperazine rings is 1. The highest BCUT2D eigenvalue weighted by Crippen LogP contribution is 2.25. The van der Waals surface area contributed by atoms with E-state index in [1.54, 1.807) is 0 Å². The predicted molar refractivity (Wildman–Crippen MR) is 86.6 cm³/mol. The summed E-state index contributed by atoms with van der Waals surface area (Å²) < 4.78 is 0. The lowest BCUT2D eigenvalue weighted by atomic mass is 10.1. The quantitative estimate of drug-likeness (QED) is 0.939. The lowest BCUT2D eigenvalue weighted by Crippen LogP contribution is -2.51. The Bertz CT molecular complexity index is 628. The van der Waals surface area contributed by atoms with Crippen molar-refractivity contribution in [1.29, 1.82) is 0 Å². The van der Waals surface area contributed by atoms with E-state index < -0.39 is 0 Å². The van der Waals surface area contributed by atoms with Gasteiger partial charge in [-0.05, 0) is 31.2 Å². The van der Waals surface area contributed by atoms with Crippen molar-refractivity contribution in [1.82, 2.24) is 9.88 Å². The highest BCUT2D eigenvalue weighted by atomic mass is 16.3. The Kier molecular flexibility index (Phi) is 4.08. The van der Waals surface area contributed by atoms with E-state index in [-0.39, 0.29) is 6.61 Å². The maximum absolute atomic E-state index is 9.64. The fraction of sp³-hybridized carbons (Fsp3) is 0.471. The van der Waals surface area contributed by atoms with E-state index in [2.05, 4.69) is 23.8 Å². The Morgan fingerprint density at radius 1 is 1.29 bits per heavy atom. The van der Waals surface area contributed by atoms with Crippen LogP contribution in [0.3, 0.4) is 0 Å². The smallest absolute Gasteiger partial charge is 0.129 e. The van der Waals surface area contributed by atoms with Crippen molar-refractivity contribution < 1.29 is 5.11 Å². The van der Waals surface area contributed by atoms with Crippen molar-refractivity contribution in [3.8, 4) is 0 Å². The van der Waals surface area contributed by atoms with E-state index in [9.17, 15) is 5.11 Å². The second-order valence-electron chi connectivity index (χ2n) is 5.80. The van der Waals surface area contributed by atoms with Gasteiger partial charge in [0.1, 0.15) is 5.82 Å². The number of hydrogen-bond acceptors (Lipinski definition) is 4. The first kappa shape index (κ1) is 14.3. The number of pyridine rings is 1. The number of fused-ring (bicyclic) bond motifs is 1. The van der Waals surface area contributed by atoms with Crippen LogP contribution in [0.2, 0.25) is 0 Å². The number of aliphatic hydroxyl groups is 1. The number of likely N-dealkylation sites (N-methyl/N-ethyl adjacent to an activating group) is 1. The third-order valence-corrected chi connectivity index (χ3v) is 4.53. The summed E-state index contributed by atoms with van der Waals surface area (Å²) in [5.74, 6) is 0.990. The molecule has 1 unspecified atom stereocenters. The van der Waals surface area contributed by atoms with Gasteiger partial charge in [-0.1, -0.05) is 25.1 Å². The van der Waals surface area contributed by atoms with E-state index in [0.717, 1.165) is 48.3 Å². The number of para-hydroxylation sites is 1. The van der Waals surface area contributed by atoms with Crippen LogP contribution in [0.25, 0.3) is 10.9 Å². The summed E-state index contributed by atoms with van der Waals surface area (Å²) in [7, 11) is 2.19. The van der Waals surface area contributed by atoms with Gasteiger partial charge in [-0.15, -0.1) is 0 Å². The molecule has 1 aliphatic rings. The number of aliphatic hydroxyl groups excluding tert-OH is 1. The molecule has 112 valence electrons. The standard InChI is InChI=1S/C17H23N3O/c1-3-14-11-20(9-8-19(14)2)17-10-13(12-21)15-6-4-5-7-16(15)18-17/h4-7,10,14,21H,3,8-9,11-12H2,1-2H3. The van der Waals surface area contributed by atoms with Crippen LogP contribution in [0.1, 0.15) is 18.9 Å². The normalized spacial score (nSPS) is 20.1. The average molecular weight is 285 g/mol. The number of hydrogen-bond donors (Lipinski definition) is 1. The Morgan fingerprint density at radius 3 is 2.86 bits per heavy atom. The molecule has 1 aromatic carbocycles. The molecule has 0 saturated carbocycles. The van der Waals surface area contributed by atoms with Gasteiger partial charge in [0.2, 0.25) is 0 Å². The molecule has 0 aliphatic carbocycles. The van der Waals surface area contributed by atoms with Crippen LogP contribution in [0.4, 0.5) is 5.82 Å². The summed E-state index contributed by atoms with van der Waals surface area (Å²) in [6, 6.07) is 10.7. The summed E-state index contributed by atoms with van der Waals surface area (Å²) in [5.41, 5.74) is 1.92. The second kappa shape index (κ2) is 6.00. The van der Waals surface area contributed by atoms with Gasteiger partial charge in [0.05, 0.1) is 12.1 Å². The maximum atomic E-state index is 9.64. The van der Waals surface area contributed by atoms with Gasteiger partial charge in [0.15, 0.2) is 0 Å². The van der Waals surface area contributed by atoms with Crippen LogP contribution >= 0.6 is 0 Å². The average Bonchev–Trinajstić information content (AvgIpc) is 2.54. The monoisotopic (exact) mass is 285 g/mol. The minimum Gasteiger partial charge on any atom is -0.392 e. The van der Waals surface area contributed by atoms with Gasteiger partial charge in [0.25, 0.3) is 0 Å².